The van der Waals surface area contributed by atoms with Crippen molar-refractivity contribution in [2.24, 2.45) is 0 Å². The van der Waals surface area contributed by atoms with Gasteiger partial charge in [-0.2, -0.15) is 0 Å². The molecule has 0 N–H and O–H groups in total. The number of nitrogens with zero attached hydrogens (tertiary/aromatic N) is 1. The van der Waals surface area contributed by atoms with Gasteiger partial charge < -0.3 is 9.32 Å². The first-order chi connectivity index (χ1) is 29.9. The van der Waals surface area contributed by atoms with E-state index in [1.54, 1.807) is 0 Å². The van der Waals surface area contributed by atoms with Crippen LogP contribution in [0.5, 0.6) is 0 Å². The number of anilines is 3. The molecule has 1 heterocycles. The van der Waals surface area contributed by atoms with Gasteiger partial charge >= 0.3 is 0 Å². The molecule has 0 amide bonds. The molecule has 0 saturated carbocycles. The maximum Gasteiger partial charge on any atom is 0.136 e. The largest absolute Gasteiger partial charge is 0.456 e. The van der Waals surface area contributed by atoms with Crippen LogP contribution in [0.25, 0.3) is 66.4 Å². The van der Waals surface area contributed by atoms with Gasteiger partial charge in [-0.1, -0.05) is 178 Å². The monoisotopic (exact) mass is 781 g/mol. The maximum atomic E-state index is 6.27. The fourth-order valence-electron chi connectivity index (χ4n) is 10.7. The first kappa shape index (κ1) is 35.5. The molecule has 0 bridgehead atoms. The molecule has 0 saturated heterocycles. The summed E-state index contributed by atoms with van der Waals surface area (Å²) in [5.74, 6) is 0. The van der Waals surface area contributed by atoms with Gasteiger partial charge in [-0.05, 0) is 116 Å². The van der Waals surface area contributed by atoms with Crippen molar-refractivity contribution in [3.8, 4) is 44.5 Å². The summed E-state index contributed by atoms with van der Waals surface area (Å²) in [6, 6.07) is 75.8. The second-order valence-corrected chi connectivity index (χ2v) is 17.4. The zero-order valence-electron chi connectivity index (χ0n) is 34.5. The van der Waals surface area contributed by atoms with Crippen molar-refractivity contribution in [3.05, 3.63) is 234 Å². The number of rotatable bonds is 6. The lowest BCUT2D eigenvalue weighted by Gasteiger charge is -2.32. The molecule has 9 aromatic carbocycles. The van der Waals surface area contributed by atoms with E-state index in [0.29, 0.717) is 0 Å². The van der Waals surface area contributed by atoms with Gasteiger partial charge in [-0.3, -0.25) is 0 Å². The van der Waals surface area contributed by atoms with Crippen LogP contribution in [0.3, 0.4) is 0 Å². The molecule has 0 fully saturated rings. The van der Waals surface area contributed by atoms with Gasteiger partial charge in [0.05, 0.1) is 5.69 Å². The van der Waals surface area contributed by atoms with E-state index in [-0.39, 0.29) is 10.8 Å². The van der Waals surface area contributed by atoms with Crippen LogP contribution in [0.15, 0.2) is 211 Å². The van der Waals surface area contributed by atoms with Gasteiger partial charge in [-0.25, -0.2) is 0 Å². The SMILES string of the molecule is CC1(C)c2ccccc2-c2ccc(N(c3ccc4c(c3)C(C)(c3ccccc3)c3ccccc3-4)c3ccccc3-c3ccc(-c4cccc5oc6ccccc6c45)cc3)cc21. The van der Waals surface area contributed by atoms with E-state index in [2.05, 4.69) is 220 Å². The Balaban J connectivity index is 1.04. The summed E-state index contributed by atoms with van der Waals surface area (Å²) in [5, 5.41) is 2.29. The highest BCUT2D eigenvalue weighted by molar-refractivity contribution is 6.12. The lowest BCUT2D eigenvalue weighted by atomic mass is 9.74. The standard InChI is InChI=1S/C59H43NO/c1-58(2)50-23-11-7-19-45(50)47-34-32-41(36-52(47)58)60(42-33-35-48-46-20-8-12-24-51(46)59(3,53(48)37-42)40-16-5-4-6-17-40)54-25-13-9-18-43(54)38-28-30-39(31-29-38)44-22-15-27-56-57(44)49-21-10-14-26-55(49)61-56/h4-37H,1-3H3. The van der Waals surface area contributed by atoms with Crippen LogP contribution in [0.4, 0.5) is 17.1 Å². The van der Waals surface area contributed by atoms with Crippen LogP contribution < -0.4 is 4.90 Å². The van der Waals surface area contributed by atoms with Crippen molar-refractivity contribution in [1.29, 1.82) is 0 Å². The Kier molecular flexibility index (Phi) is 7.74. The van der Waals surface area contributed by atoms with Crippen LogP contribution >= 0.6 is 0 Å². The summed E-state index contributed by atoms with van der Waals surface area (Å²) in [6.07, 6.45) is 0. The Labute approximate surface area is 357 Å². The van der Waals surface area contributed by atoms with Crippen LogP contribution in [0.2, 0.25) is 0 Å². The van der Waals surface area contributed by atoms with Crippen molar-refractivity contribution in [1.82, 2.24) is 0 Å². The average Bonchev–Trinajstić information content (AvgIpc) is 3.90. The molecule has 1 unspecified atom stereocenters. The summed E-state index contributed by atoms with van der Waals surface area (Å²) in [5.41, 5.74) is 21.3. The fourth-order valence-corrected chi connectivity index (χ4v) is 10.7. The molecule has 1 aromatic heterocycles. The Morgan fingerprint density at radius 1 is 0.377 bits per heavy atom. The Morgan fingerprint density at radius 2 is 0.902 bits per heavy atom. The second kappa shape index (κ2) is 13.3. The van der Waals surface area contributed by atoms with Crippen molar-refractivity contribution in [3.63, 3.8) is 0 Å². The molecule has 2 aliphatic rings. The van der Waals surface area contributed by atoms with E-state index in [0.717, 1.165) is 50.1 Å². The maximum absolute atomic E-state index is 6.27. The third-order valence-electron chi connectivity index (χ3n) is 13.8. The molecule has 290 valence electrons. The predicted molar refractivity (Wildman–Crippen MR) is 254 cm³/mol. The zero-order chi connectivity index (χ0) is 40.9. The van der Waals surface area contributed by atoms with Gasteiger partial charge in [0.1, 0.15) is 11.2 Å². The highest BCUT2D eigenvalue weighted by atomic mass is 16.3. The highest BCUT2D eigenvalue weighted by Gasteiger charge is 2.41. The minimum atomic E-state index is -0.324. The van der Waals surface area contributed by atoms with Gasteiger partial charge in [0.2, 0.25) is 0 Å². The molecular formula is C59H43NO. The Hall–Kier alpha value is -7.42. The van der Waals surface area contributed by atoms with Gasteiger partial charge in [0.25, 0.3) is 0 Å². The second-order valence-electron chi connectivity index (χ2n) is 17.4. The van der Waals surface area contributed by atoms with Crippen LogP contribution in [0, 0.1) is 0 Å². The third kappa shape index (κ3) is 5.22. The van der Waals surface area contributed by atoms with Crippen molar-refractivity contribution < 1.29 is 4.42 Å². The van der Waals surface area contributed by atoms with Gasteiger partial charge in [0.15, 0.2) is 0 Å². The quantitative estimate of drug-likeness (QED) is 0.167. The molecule has 1 atom stereocenters. The molecule has 2 heteroatoms. The minimum absolute atomic E-state index is 0.141. The number of para-hydroxylation sites is 2. The summed E-state index contributed by atoms with van der Waals surface area (Å²) >= 11 is 0. The predicted octanol–water partition coefficient (Wildman–Crippen LogP) is 16.0. The normalized spacial score (nSPS) is 15.7. The lowest BCUT2D eigenvalue weighted by molar-refractivity contribution is 0.660. The topological polar surface area (TPSA) is 16.4 Å². The summed E-state index contributed by atoms with van der Waals surface area (Å²) in [7, 11) is 0. The minimum Gasteiger partial charge on any atom is -0.456 e. The highest BCUT2D eigenvalue weighted by Crippen LogP contribution is 2.55. The zero-order valence-corrected chi connectivity index (χ0v) is 34.5. The van der Waals surface area contributed by atoms with Crippen molar-refractivity contribution in [2.75, 3.05) is 4.90 Å². The van der Waals surface area contributed by atoms with Crippen LogP contribution in [-0.2, 0) is 10.8 Å². The molecule has 0 aliphatic heterocycles. The van der Waals surface area contributed by atoms with Crippen molar-refractivity contribution in [2.45, 2.75) is 31.6 Å². The molecule has 0 radical (unpaired) electrons. The van der Waals surface area contributed by atoms with E-state index in [4.69, 9.17) is 4.42 Å². The Bertz CT molecular complexity index is 3350. The number of fused-ring (bicyclic) bond motifs is 9. The molecule has 61 heavy (non-hydrogen) atoms. The average molecular weight is 782 g/mol. The van der Waals surface area contributed by atoms with Gasteiger partial charge in [-0.15, -0.1) is 0 Å². The number of benzene rings is 9. The first-order valence-corrected chi connectivity index (χ1v) is 21.3. The van der Waals surface area contributed by atoms with Crippen molar-refractivity contribution >= 4 is 39.0 Å². The summed E-state index contributed by atoms with van der Waals surface area (Å²) in [4.78, 5) is 2.50. The van der Waals surface area contributed by atoms with Gasteiger partial charge in [0, 0.05) is 38.5 Å². The van der Waals surface area contributed by atoms with E-state index in [9.17, 15) is 0 Å². The molecule has 2 aliphatic carbocycles. The lowest BCUT2D eigenvalue weighted by Crippen LogP contribution is -2.23. The van der Waals surface area contributed by atoms with Crippen LogP contribution in [0.1, 0.15) is 48.6 Å². The molecule has 2 nitrogen and oxygen atoms in total. The number of furan rings is 1. The molecule has 0 spiro atoms. The van der Waals surface area contributed by atoms with Crippen LogP contribution in [-0.4, -0.2) is 0 Å². The summed E-state index contributed by atoms with van der Waals surface area (Å²) in [6.45, 7) is 7.14. The molecular weight excluding hydrogens is 739 g/mol. The molecule has 12 rings (SSSR count). The van der Waals surface area contributed by atoms with E-state index in [1.165, 1.54) is 61.2 Å². The number of hydrogen-bond acceptors (Lipinski definition) is 2. The Morgan fingerprint density at radius 3 is 1.66 bits per heavy atom. The number of hydrogen-bond donors (Lipinski definition) is 0. The first-order valence-electron chi connectivity index (χ1n) is 21.3. The van der Waals surface area contributed by atoms with E-state index >= 15 is 0 Å². The molecule has 10 aromatic rings. The summed E-state index contributed by atoms with van der Waals surface area (Å²) < 4.78 is 6.27. The van der Waals surface area contributed by atoms with E-state index < -0.39 is 0 Å². The van der Waals surface area contributed by atoms with E-state index in [1.807, 2.05) is 12.1 Å². The third-order valence-corrected chi connectivity index (χ3v) is 13.8. The fraction of sp³-hybridized carbons (Fsp3) is 0.0847. The smallest absolute Gasteiger partial charge is 0.136 e.